The van der Waals surface area contributed by atoms with Crippen molar-refractivity contribution in [2.75, 3.05) is 6.54 Å². The fourth-order valence-electron chi connectivity index (χ4n) is 2.18. The summed E-state index contributed by atoms with van der Waals surface area (Å²) >= 11 is 0. The van der Waals surface area contributed by atoms with Crippen LogP contribution in [0, 0.1) is 0 Å². The first-order valence-corrected chi connectivity index (χ1v) is 5.74. The van der Waals surface area contributed by atoms with E-state index in [1.54, 1.807) is 28.8 Å². The summed E-state index contributed by atoms with van der Waals surface area (Å²) in [5.41, 5.74) is 1.13. The van der Waals surface area contributed by atoms with Gasteiger partial charge in [-0.05, 0) is 24.5 Å². The van der Waals surface area contributed by atoms with Gasteiger partial charge in [0.05, 0.1) is 0 Å². The highest BCUT2D eigenvalue weighted by Crippen LogP contribution is 2.16. The van der Waals surface area contributed by atoms with Crippen molar-refractivity contribution in [3.63, 3.8) is 0 Å². The van der Waals surface area contributed by atoms with Gasteiger partial charge in [-0.2, -0.15) is 0 Å². The van der Waals surface area contributed by atoms with E-state index in [1.165, 1.54) is 0 Å². The zero-order valence-corrected chi connectivity index (χ0v) is 9.85. The predicted molar refractivity (Wildman–Crippen MR) is 61.6 cm³/mol. The molecule has 0 aliphatic carbocycles. The molecule has 1 aliphatic heterocycles. The molecule has 0 bridgehead atoms. The quantitative estimate of drug-likeness (QED) is 0.858. The van der Waals surface area contributed by atoms with Gasteiger partial charge in [-0.25, -0.2) is 4.79 Å². The number of hydrogen-bond donors (Lipinski definition) is 1. The SMILES string of the molecule is Cn1cc(CN2CCCCC2=O)cc1C(=O)O. The molecule has 92 valence electrons. The third-order valence-corrected chi connectivity index (χ3v) is 3.08. The third kappa shape index (κ3) is 2.49. The minimum absolute atomic E-state index is 0.164. The maximum absolute atomic E-state index is 11.6. The highest BCUT2D eigenvalue weighted by Gasteiger charge is 2.19. The van der Waals surface area contributed by atoms with Crippen molar-refractivity contribution < 1.29 is 14.7 Å². The molecule has 0 atom stereocenters. The summed E-state index contributed by atoms with van der Waals surface area (Å²) in [5, 5.41) is 8.94. The molecule has 1 aromatic rings. The van der Waals surface area contributed by atoms with Crippen molar-refractivity contribution in [3.05, 3.63) is 23.5 Å². The molecule has 2 heterocycles. The number of likely N-dealkylation sites (tertiary alicyclic amines) is 1. The number of carbonyl (C=O) groups excluding carboxylic acids is 1. The summed E-state index contributed by atoms with van der Waals surface area (Å²) in [5.74, 6) is -0.777. The molecule has 0 aromatic carbocycles. The Kier molecular flexibility index (Phi) is 3.17. The summed E-state index contributed by atoms with van der Waals surface area (Å²) in [6, 6.07) is 1.63. The van der Waals surface area contributed by atoms with Crippen molar-refractivity contribution in [1.82, 2.24) is 9.47 Å². The average molecular weight is 236 g/mol. The lowest BCUT2D eigenvalue weighted by Crippen LogP contribution is -2.34. The maximum atomic E-state index is 11.6. The number of rotatable bonds is 3. The molecule has 0 saturated carbocycles. The van der Waals surface area contributed by atoms with Gasteiger partial charge in [-0.3, -0.25) is 4.79 Å². The van der Waals surface area contributed by atoms with Crippen LogP contribution in [0.3, 0.4) is 0 Å². The molecule has 0 radical (unpaired) electrons. The van der Waals surface area contributed by atoms with Crippen LogP contribution in [-0.4, -0.2) is 33.0 Å². The molecular weight excluding hydrogens is 220 g/mol. The van der Waals surface area contributed by atoms with E-state index >= 15 is 0 Å². The first-order valence-electron chi connectivity index (χ1n) is 5.74. The largest absolute Gasteiger partial charge is 0.477 e. The number of piperidine rings is 1. The first-order chi connectivity index (χ1) is 8.08. The number of carboxylic acid groups (broad SMARTS) is 1. The van der Waals surface area contributed by atoms with E-state index in [0.29, 0.717) is 13.0 Å². The van der Waals surface area contributed by atoms with Gasteiger partial charge in [0.1, 0.15) is 5.69 Å². The molecule has 1 amide bonds. The normalized spacial score (nSPS) is 16.3. The number of aromatic carboxylic acids is 1. The van der Waals surface area contributed by atoms with Gasteiger partial charge in [0.15, 0.2) is 0 Å². The summed E-state index contributed by atoms with van der Waals surface area (Å²) < 4.78 is 1.58. The zero-order chi connectivity index (χ0) is 12.4. The van der Waals surface area contributed by atoms with Gasteiger partial charge in [-0.15, -0.1) is 0 Å². The molecule has 0 spiro atoms. The van der Waals surface area contributed by atoms with Crippen molar-refractivity contribution in [2.24, 2.45) is 7.05 Å². The number of nitrogens with zero attached hydrogens (tertiary/aromatic N) is 2. The third-order valence-electron chi connectivity index (χ3n) is 3.08. The van der Waals surface area contributed by atoms with E-state index in [0.717, 1.165) is 24.9 Å². The second-order valence-corrected chi connectivity index (χ2v) is 4.42. The van der Waals surface area contributed by atoms with E-state index in [-0.39, 0.29) is 11.6 Å². The van der Waals surface area contributed by atoms with Crippen LogP contribution in [0.5, 0.6) is 0 Å². The highest BCUT2D eigenvalue weighted by atomic mass is 16.4. The second kappa shape index (κ2) is 4.61. The van der Waals surface area contributed by atoms with Gasteiger partial charge in [0.25, 0.3) is 0 Å². The molecule has 5 heteroatoms. The van der Waals surface area contributed by atoms with Crippen molar-refractivity contribution in [3.8, 4) is 0 Å². The average Bonchev–Trinajstić information content (AvgIpc) is 2.63. The van der Waals surface area contributed by atoms with Gasteiger partial charge in [0.2, 0.25) is 5.91 Å². The molecule has 5 nitrogen and oxygen atoms in total. The Labute approximate surface area is 99.6 Å². The topological polar surface area (TPSA) is 62.5 Å². The fraction of sp³-hybridized carbons (Fsp3) is 0.500. The number of carboxylic acids is 1. The van der Waals surface area contributed by atoms with Gasteiger partial charge >= 0.3 is 5.97 Å². The summed E-state index contributed by atoms with van der Waals surface area (Å²) in [4.78, 5) is 24.3. The Morgan fingerprint density at radius 1 is 1.47 bits per heavy atom. The maximum Gasteiger partial charge on any atom is 0.352 e. The fourth-order valence-corrected chi connectivity index (χ4v) is 2.18. The number of carbonyl (C=O) groups is 2. The van der Waals surface area contributed by atoms with Gasteiger partial charge in [-0.1, -0.05) is 0 Å². The smallest absolute Gasteiger partial charge is 0.352 e. The Bertz CT molecular complexity index is 451. The minimum Gasteiger partial charge on any atom is -0.477 e. The van der Waals surface area contributed by atoms with Crippen LogP contribution in [0.1, 0.15) is 35.3 Å². The molecule has 1 fully saturated rings. The Morgan fingerprint density at radius 3 is 2.82 bits per heavy atom. The van der Waals surface area contributed by atoms with E-state index in [4.69, 9.17) is 5.11 Å². The minimum atomic E-state index is -0.941. The van der Waals surface area contributed by atoms with E-state index in [1.807, 2.05) is 0 Å². The van der Waals surface area contributed by atoms with E-state index in [9.17, 15) is 9.59 Å². The summed E-state index contributed by atoms with van der Waals surface area (Å²) in [6.45, 7) is 1.29. The summed E-state index contributed by atoms with van der Waals surface area (Å²) in [7, 11) is 1.70. The van der Waals surface area contributed by atoms with E-state index < -0.39 is 5.97 Å². The van der Waals surface area contributed by atoms with Crippen LogP contribution in [0.2, 0.25) is 0 Å². The molecule has 2 rings (SSSR count). The van der Waals surface area contributed by atoms with Crippen LogP contribution in [0.15, 0.2) is 12.3 Å². The Balaban J connectivity index is 2.10. The predicted octanol–water partition coefficient (Wildman–Crippen LogP) is 1.24. The Morgan fingerprint density at radius 2 is 2.24 bits per heavy atom. The molecule has 1 saturated heterocycles. The molecule has 1 N–H and O–H groups in total. The van der Waals surface area contributed by atoms with Gasteiger partial charge < -0.3 is 14.6 Å². The molecule has 17 heavy (non-hydrogen) atoms. The number of hydrogen-bond acceptors (Lipinski definition) is 2. The number of amides is 1. The van der Waals surface area contributed by atoms with Gasteiger partial charge in [0, 0.05) is 32.8 Å². The second-order valence-electron chi connectivity index (χ2n) is 4.42. The number of aryl methyl sites for hydroxylation is 1. The first kappa shape index (κ1) is 11.7. The van der Waals surface area contributed by atoms with Crippen molar-refractivity contribution >= 4 is 11.9 Å². The lowest BCUT2D eigenvalue weighted by molar-refractivity contribution is -0.133. The molecule has 0 unspecified atom stereocenters. The van der Waals surface area contributed by atoms with Crippen LogP contribution in [0.25, 0.3) is 0 Å². The van der Waals surface area contributed by atoms with Crippen LogP contribution >= 0.6 is 0 Å². The zero-order valence-electron chi connectivity index (χ0n) is 9.85. The molecule has 1 aromatic heterocycles. The lowest BCUT2D eigenvalue weighted by atomic mass is 10.1. The monoisotopic (exact) mass is 236 g/mol. The van der Waals surface area contributed by atoms with Crippen molar-refractivity contribution in [1.29, 1.82) is 0 Å². The van der Waals surface area contributed by atoms with Crippen LogP contribution < -0.4 is 0 Å². The summed E-state index contributed by atoms with van der Waals surface area (Å²) in [6.07, 6.45) is 4.37. The molecule has 1 aliphatic rings. The Hall–Kier alpha value is -1.78. The van der Waals surface area contributed by atoms with Crippen LogP contribution in [0.4, 0.5) is 0 Å². The van der Waals surface area contributed by atoms with Crippen LogP contribution in [-0.2, 0) is 18.4 Å². The molecular formula is C12H16N2O3. The lowest BCUT2D eigenvalue weighted by Gasteiger charge is -2.26. The highest BCUT2D eigenvalue weighted by molar-refractivity contribution is 5.86. The van der Waals surface area contributed by atoms with Crippen molar-refractivity contribution in [2.45, 2.75) is 25.8 Å². The van der Waals surface area contributed by atoms with E-state index in [2.05, 4.69) is 0 Å². The standard InChI is InChI=1S/C12H16N2O3/c1-13-7-9(6-10(13)12(16)17)8-14-5-3-2-4-11(14)15/h6-7H,2-5,8H2,1H3,(H,16,17). The number of aromatic nitrogens is 1.